The SMILES string of the molecule is CN(C)c1ccc(C(F)(F)F)cc1NC(=O)/C=C/c1cn(-c2ccccc2)nc1-c1cccs1. The van der Waals surface area contributed by atoms with Crippen molar-refractivity contribution in [3.8, 4) is 16.3 Å². The summed E-state index contributed by atoms with van der Waals surface area (Å²) in [6, 6.07) is 16.7. The maximum absolute atomic E-state index is 13.2. The molecule has 5 nitrogen and oxygen atoms in total. The van der Waals surface area contributed by atoms with Crippen LogP contribution in [0, 0.1) is 0 Å². The first-order chi connectivity index (χ1) is 16.2. The van der Waals surface area contributed by atoms with Crippen molar-refractivity contribution in [3.05, 3.63) is 89.4 Å². The number of thiophene rings is 1. The van der Waals surface area contributed by atoms with E-state index in [4.69, 9.17) is 0 Å². The van der Waals surface area contributed by atoms with Gasteiger partial charge in [0.05, 0.1) is 27.5 Å². The third kappa shape index (κ3) is 5.20. The third-order valence-electron chi connectivity index (χ3n) is 5.00. The summed E-state index contributed by atoms with van der Waals surface area (Å²) in [5.41, 5.74) is 1.98. The van der Waals surface area contributed by atoms with Crippen LogP contribution in [0.15, 0.2) is 78.3 Å². The molecule has 0 radical (unpaired) electrons. The predicted octanol–water partition coefficient (Wildman–Crippen LogP) is 6.34. The highest BCUT2D eigenvalue weighted by Crippen LogP contribution is 2.35. The lowest BCUT2D eigenvalue weighted by molar-refractivity contribution is -0.137. The summed E-state index contributed by atoms with van der Waals surface area (Å²) in [4.78, 5) is 15.2. The monoisotopic (exact) mass is 482 g/mol. The molecule has 9 heteroatoms. The highest BCUT2D eigenvalue weighted by molar-refractivity contribution is 7.13. The van der Waals surface area contributed by atoms with Crippen LogP contribution in [0.1, 0.15) is 11.1 Å². The Kier molecular flexibility index (Phi) is 6.56. The second-order valence-corrected chi connectivity index (χ2v) is 8.58. The van der Waals surface area contributed by atoms with Crippen molar-refractivity contribution in [1.29, 1.82) is 0 Å². The van der Waals surface area contributed by atoms with Crippen LogP contribution in [0.5, 0.6) is 0 Å². The number of anilines is 2. The van der Waals surface area contributed by atoms with Crippen molar-refractivity contribution in [2.45, 2.75) is 6.18 Å². The fourth-order valence-electron chi connectivity index (χ4n) is 3.37. The summed E-state index contributed by atoms with van der Waals surface area (Å²) >= 11 is 1.52. The first-order valence-corrected chi connectivity index (χ1v) is 11.2. The maximum Gasteiger partial charge on any atom is 0.416 e. The summed E-state index contributed by atoms with van der Waals surface area (Å²) < 4.78 is 41.3. The Labute approximate surface area is 198 Å². The minimum absolute atomic E-state index is 0.0768. The fraction of sp³-hybridized carbons (Fsp3) is 0.120. The number of para-hydroxylation sites is 1. The van der Waals surface area contributed by atoms with Gasteiger partial charge in [-0.3, -0.25) is 4.79 Å². The molecule has 0 saturated heterocycles. The Morgan fingerprint density at radius 1 is 1.09 bits per heavy atom. The van der Waals surface area contributed by atoms with E-state index >= 15 is 0 Å². The molecule has 34 heavy (non-hydrogen) atoms. The van der Waals surface area contributed by atoms with Gasteiger partial charge in [-0.15, -0.1) is 11.3 Å². The number of hydrogen-bond acceptors (Lipinski definition) is 4. The summed E-state index contributed by atoms with van der Waals surface area (Å²) in [7, 11) is 3.39. The molecule has 0 aliphatic rings. The van der Waals surface area contributed by atoms with E-state index in [0.29, 0.717) is 16.9 Å². The molecule has 2 aromatic carbocycles. The first kappa shape index (κ1) is 23.3. The second kappa shape index (κ2) is 9.56. The van der Waals surface area contributed by atoms with E-state index in [-0.39, 0.29) is 5.69 Å². The number of nitrogens with one attached hydrogen (secondary N) is 1. The number of halogens is 3. The molecule has 0 unspecified atom stereocenters. The molecule has 4 rings (SSSR count). The molecule has 0 aliphatic carbocycles. The number of amides is 1. The van der Waals surface area contributed by atoms with Crippen LogP contribution in [-0.4, -0.2) is 29.8 Å². The smallest absolute Gasteiger partial charge is 0.376 e. The van der Waals surface area contributed by atoms with Gasteiger partial charge in [0.1, 0.15) is 5.69 Å². The molecule has 0 spiro atoms. The van der Waals surface area contributed by atoms with Crippen LogP contribution in [0.2, 0.25) is 0 Å². The number of rotatable bonds is 6. The Bertz CT molecular complexity index is 1310. The minimum atomic E-state index is -4.51. The van der Waals surface area contributed by atoms with Crippen molar-refractivity contribution in [3.63, 3.8) is 0 Å². The van der Waals surface area contributed by atoms with E-state index in [1.165, 1.54) is 23.5 Å². The standard InChI is InChI=1S/C25H21F3N4OS/c1-31(2)21-12-11-18(25(26,27)28)15-20(21)29-23(33)13-10-17-16-32(19-7-4-3-5-8-19)30-24(17)22-9-6-14-34-22/h3-16H,1-2H3,(H,29,33)/b13-10+. The van der Waals surface area contributed by atoms with E-state index in [2.05, 4.69) is 10.4 Å². The van der Waals surface area contributed by atoms with Crippen LogP contribution < -0.4 is 10.2 Å². The highest BCUT2D eigenvalue weighted by atomic mass is 32.1. The lowest BCUT2D eigenvalue weighted by Crippen LogP contribution is -2.16. The quantitative estimate of drug-likeness (QED) is 0.327. The highest BCUT2D eigenvalue weighted by Gasteiger charge is 2.31. The van der Waals surface area contributed by atoms with Gasteiger partial charge in [-0.1, -0.05) is 24.3 Å². The van der Waals surface area contributed by atoms with Crippen molar-refractivity contribution in [1.82, 2.24) is 9.78 Å². The number of benzene rings is 2. The van der Waals surface area contributed by atoms with Crippen LogP contribution >= 0.6 is 11.3 Å². The molecule has 0 aliphatic heterocycles. The van der Waals surface area contributed by atoms with E-state index in [9.17, 15) is 18.0 Å². The zero-order valence-electron chi connectivity index (χ0n) is 18.4. The average molecular weight is 483 g/mol. The Morgan fingerprint density at radius 3 is 2.50 bits per heavy atom. The number of carbonyl (C=O) groups is 1. The molecule has 1 N–H and O–H groups in total. The van der Waals surface area contributed by atoms with Crippen molar-refractivity contribution in [2.24, 2.45) is 0 Å². The van der Waals surface area contributed by atoms with Crippen molar-refractivity contribution < 1.29 is 18.0 Å². The molecular weight excluding hydrogens is 461 g/mol. The zero-order chi connectivity index (χ0) is 24.3. The summed E-state index contributed by atoms with van der Waals surface area (Å²) in [6.07, 6.45) is 0.203. The second-order valence-electron chi connectivity index (χ2n) is 7.64. The summed E-state index contributed by atoms with van der Waals surface area (Å²) in [6.45, 7) is 0. The minimum Gasteiger partial charge on any atom is -0.376 e. The fourth-order valence-corrected chi connectivity index (χ4v) is 4.10. The lowest BCUT2D eigenvalue weighted by atomic mass is 10.1. The molecule has 4 aromatic rings. The van der Waals surface area contributed by atoms with Gasteiger partial charge in [0.15, 0.2) is 0 Å². The normalized spacial score (nSPS) is 11.7. The number of hydrogen-bond donors (Lipinski definition) is 1. The van der Waals surface area contributed by atoms with E-state index < -0.39 is 17.6 Å². The third-order valence-corrected chi connectivity index (χ3v) is 5.87. The number of aromatic nitrogens is 2. The van der Waals surface area contributed by atoms with Gasteiger partial charge in [0, 0.05) is 31.9 Å². The predicted molar refractivity (Wildman–Crippen MR) is 130 cm³/mol. The zero-order valence-corrected chi connectivity index (χ0v) is 19.2. The average Bonchev–Trinajstić information content (AvgIpc) is 3.47. The van der Waals surface area contributed by atoms with E-state index in [1.54, 1.807) is 29.8 Å². The molecule has 174 valence electrons. The summed E-state index contributed by atoms with van der Waals surface area (Å²) in [5.74, 6) is -0.549. The van der Waals surface area contributed by atoms with Gasteiger partial charge in [-0.25, -0.2) is 4.68 Å². The molecule has 2 aromatic heterocycles. The lowest BCUT2D eigenvalue weighted by Gasteiger charge is -2.19. The molecule has 2 heterocycles. The van der Waals surface area contributed by atoms with Crippen LogP contribution in [0.3, 0.4) is 0 Å². The Balaban J connectivity index is 1.63. The van der Waals surface area contributed by atoms with Gasteiger partial charge in [0.25, 0.3) is 0 Å². The van der Waals surface area contributed by atoms with Gasteiger partial charge < -0.3 is 10.2 Å². The van der Waals surface area contributed by atoms with E-state index in [0.717, 1.165) is 22.7 Å². The van der Waals surface area contributed by atoms with E-state index in [1.807, 2.05) is 54.0 Å². The molecule has 1 amide bonds. The van der Waals surface area contributed by atoms with Crippen molar-refractivity contribution in [2.75, 3.05) is 24.3 Å². The van der Waals surface area contributed by atoms with Crippen molar-refractivity contribution >= 4 is 34.7 Å². The molecule has 0 bridgehead atoms. The van der Waals surface area contributed by atoms with Crippen LogP contribution in [-0.2, 0) is 11.0 Å². The van der Waals surface area contributed by atoms with Gasteiger partial charge in [-0.05, 0) is 47.9 Å². The van der Waals surface area contributed by atoms with Crippen LogP contribution in [0.4, 0.5) is 24.5 Å². The van der Waals surface area contributed by atoms with Gasteiger partial charge in [-0.2, -0.15) is 18.3 Å². The summed E-state index contributed by atoms with van der Waals surface area (Å²) in [5, 5.41) is 9.19. The maximum atomic E-state index is 13.2. The first-order valence-electron chi connectivity index (χ1n) is 10.3. The molecule has 0 atom stereocenters. The van der Waals surface area contributed by atoms with Gasteiger partial charge >= 0.3 is 6.18 Å². The molecule has 0 fully saturated rings. The number of carbonyl (C=O) groups excluding carboxylic acids is 1. The number of alkyl halides is 3. The largest absolute Gasteiger partial charge is 0.416 e. The topological polar surface area (TPSA) is 50.2 Å². The Hall–Kier alpha value is -3.85. The Morgan fingerprint density at radius 2 is 1.85 bits per heavy atom. The molecule has 0 saturated carbocycles. The number of nitrogens with zero attached hydrogens (tertiary/aromatic N) is 3. The van der Waals surface area contributed by atoms with Crippen LogP contribution in [0.25, 0.3) is 22.3 Å². The van der Waals surface area contributed by atoms with Gasteiger partial charge in [0.2, 0.25) is 5.91 Å². The molecular formula is C25H21F3N4OS.